The Morgan fingerprint density at radius 2 is 2.06 bits per heavy atom. The summed E-state index contributed by atoms with van der Waals surface area (Å²) < 4.78 is 11.4. The molecule has 0 amide bonds. The highest BCUT2D eigenvalue weighted by Gasteiger charge is 2.48. The van der Waals surface area contributed by atoms with E-state index in [1.807, 2.05) is 13.0 Å². The van der Waals surface area contributed by atoms with E-state index in [9.17, 15) is 4.79 Å². The molecule has 0 radical (unpaired) electrons. The summed E-state index contributed by atoms with van der Waals surface area (Å²) in [5.74, 6) is -0.101. The lowest BCUT2D eigenvalue weighted by Gasteiger charge is -2.43. The zero-order valence-electron chi connectivity index (χ0n) is 11.6. The van der Waals surface area contributed by atoms with Crippen LogP contribution >= 0.6 is 0 Å². The Morgan fingerprint density at radius 1 is 1.41 bits per heavy atom. The zero-order chi connectivity index (χ0) is 13.1. The molecule has 0 spiro atoms. The Kier molecular flexibility index (Phi) is 4.74. The summed E-state index contributed by atoms with van der Waals surface area (Å²) in [5.41, 5.74) is -0.00969. The van der Waals surface area contributed by atoms with Gasteiger partial charge in [0, 0.05) is 0 Å². The number of carbonyl (C=O) groups is 1. The Labute approximate surface area is 106 Å². The third-order valence-electron chi connectivity index (χ3n) is 3.21. The van der Waals surface area contributed by atoms with Crippen molar-refractivity contribution in [1.29, 1.82) is 0 Å². The summed E-state index contributed by atoms with van der Waals surface area (Å²) >= 11 is 0. The second-order valence-electron chi connectivity index (χ2n) is 5.77. The van der Waals surface area contributed by atoms with Crippen molar-refractivity contribution in [3.05, 3.63) is 12.3 Å². The van der Waals surface area contributed by atoms with Crippen LogP contribution in [0, 0.1) is 0 Å². The first-order valence-corrected chi connectivity index (χ1v) is 12.4. The molecule has 1 rings (SSSR count). The van der Waals surface area contributed by atoms with Gasteiger partial charge in [0.1, 0.15) is 0 Å². The van der Waals surface area contributed by atoms with Crippen LogP contribution in [0.5, 0.6) is 0 Å². The van der Waals surface area contributed by atoms with Gasteiger partial charge >= 0.3 is 5.97 Å². The molecule has 1 saturated heterocycles. The van der Waals surface area contributed by atoms with Crippen LogP contribution in [0.4, 0.5) is 0 Å². The van der Waals surface area contributed by atoms with Gasteiger partial charge in [0.2, 0.25) is 0 Å². The van der Waals surface area contributed by atoms with Crippen molar-refractivity contribution in [3.8, 4) is 0 Å². The van der Waals surface area contributed by atoms with E-state index in [0.717, 1.165) is 18.9 Å². The maximum Gasteiger partial charge on any atom is 0.313 e. The first-order valence-electron chi connectivity index (χ1n) is 6.34. The molecular formula is C12H24O3Si2. The molecule has 1 unspecified atom stereocenters. The van der Waals surface area contributed by atoms with Crippen LogP contribution in [0.25, 0.3) is 0 Å². The molecule has 0 aromatic heterocycles. The molecule has 1 atom stereocenters. The molecule has 1 aliphatic rings. The van der Waals surface area contributed by atoms with E-state index < -0.39 is 16.6 Å². The fraction of sp³-hybridized carbons (Fsp3) is 0.750. The summed E-state index contributed by atoms with van der Waals surface area (Å²) in [6.07, 6.45) is 5.20. The van der Waals surface area contributed by atoms with Gasteiger partial charge in [-0.3, -0.25) is 4.79 Å². The molecule has 0 aromatic carbocycles. The molecule has 0 saturated carbocycles. The number of hydrogen-bond donors (Lipinski definition) is 0. The Bertz CT molecular complexity index is 311. The summed E-state index contributed by atoms with van der Waals surface area (Å²) in [6, 6.07) is 1.06. The predicted molar refractivity (Wildman–Crippen MR) is 74.7 cm³/mol. The van der Waals surface area contributed by atoms with Crippen molar-refractivity contribution >= 4 is 22.6 Å². The minimum atomic E-state index is -1.93. The first kappa shape index (κ1) is 14.7. The SMILES string of the molecule is CCC=COC(=O)C1CC[Si](C)(C)O[Si]1(C)C. The summed E-state index contributed by atoms with van der Waals surface area (Å²) in [6.45, 7) is 10.8. The lowest BCUT2D eigenvalue weighted by molar-refractivity contribution is -0.138. The molecule has 0 bridgehead atoms. The van der Waals surface area contributed by atoms with Gasteiger partial charge in [-0.15, -0.1) is 0 Å². The third-order valence-corrected chi connectivity index (χ3v) is 11.2. The predicted octanol–water partition coefficient (Wildman–Crippen LogP) is 3.65. The van der Waals surface area contributed by atoms with Gasteiger partial charge in [0.05, 0.1) is 11.8 Å². The number of ether oxygens (including phenoxy) is 1. The van der Waals surface area contributed by atoms with Crippen molar-refractivity contribution in [2.24, 2.45) is 0 Å². The van der Waals surface area contributed by atoms with Crippen LogP contribution in [-0.2, 0) is 13.6 Å². The van der Waals surface area contributed by atoms with Crippen molar-refractivity contribution in [2.75, 3.05) is 0 Å². The van der Waals surface area contributed by atoms with Gasteiger partial charge in [-0.2, -0.15) is 0 Å². The van der Waals surface area contributed by atoms with Crippen LogP contribution in [0.15, 0.2) is 12.3 Å². The Hall–Kier alpha value is -0.396. The number of hydrogen-bond acceptors (Lipinski definition) is 3. The maximum atomic E-state index is 12.0. The zero-order valence-corrected chi connectivity index (χ0v) is 13.6. The van der Waals surface area contributed by atoms with E-state index >= 15 is 0 Å². The van der Waals surface area contributed by atoms with Crippen LogP contribution in [0.1, 0.15) is 19.8 Å². The fourth-order valence-corrected chi connectivity index (χ4v) is 11.8. The maximum absolute atomic E-state index is 12.0. The van der Waals surface area contributed by atoms with E-state index in [1.54, 1.807) is 0 Å². The average Bonchev–Trinajstić information content (AvgIpc) is 2.14. The van der Waals surface area contributed by atoms with Crippen LogP contribution in [0.3, 0.4) is 0 Å². The highest BCUT2D eigenvalue weighted by molar-refractivity contribution is 6.88. The molecule has 0 aromatic rings. The van der Waals surface area contributed by atoms with Crippen LogP contribution in [-0.4, -0.2) is 22.6 Å². The average molecular weight is 272 g/mol. The summed E-state index contributed by atoms with van der Waals surface area (Å²) in [5, 5.41) is 0. The summed E-state index contributed by atoms with van der Waals surface area (Å²) in [4.78, 5) is 12.0. The van der Waals surface area contributed by atoms with Gasteiger partial charge in [0.15, 0.2) is 16.6 Å². The van der Waals surface area contributed by atoms with Crippen molar-refractivity contribution < 1.29 is 13.6 Å². The van der Waals surface area contributed by atoms with E-state index in [4.69, 9.17) is 8.85 Å². The largest absolute Gasteiger partial charge is 0.455 e. The lowest BCUT2D eigenvalue weighted by Crippen LogP contribution is -2.53. The molecular weight excluding hydrogens is 248 g/mol. The highest BCUT2D eigenvalue weighted by atomic mass is 28.4. The van der Waals surface area contributed by atoms with E-state index in [0.29, 0.717) is 0 Å². The van der Waals surface area contributed by atoms with Gasteiger partial charge in [0.25, 0.3) is 0 Å². The molecule has 3 nitrogen and oxygen atoms in total. The molecule has 0 aliphatic carbocycles. The smallest absolute Gasteiger partial charge is 0.313 e. The first-order chi connectivity index (χ1) is 7.78. The van der Waals surface area contributed by atoms with Crippen molar-refractivity contribution in [1.82, 2.24) is 0 Å². The lowest BCUT2D eigenvalue weighted by atomic mass is 10.3. The van der Waals surface area contributed by atoms with Gasteiger partial charge in [-0.25, -0.2) is 0 Å². The Balaban J connectivity index is 2.65. The number of rotatable bonds is 3. The normalized spacial score (nSPS) is 27.0. The minimum absolute atomic E-state index is 0.00969. The molecule has 5 heteroatoms. The van der Waals surface area contributed by atoms with Crippen molar-refractivity contribution in [3.63, 3.8) is 0 Å². The molecule has 1 aliphatic heterocycles. The quantitative estimate of drug-likeness (QED) is 0.447. The monoisotopic (exact) mass is 272 g/mol. The molecule has 1 fully saturated rings. The standard InChI is InChI=1S/C12H24O3Si2/c1-6-7-9-14-12(13)11-8-10-16(2,3)15-17(11,4)5/h7,9,11H,6,8,10H2,1-5H3. The second-order valence-corrected chi connectivity index (χ2v) is 14.5. The van der Waals surface area contributed by atoms with Crippen LogP contribution < -0.4 is 0 Å². The van der Waals surface area contributed by atoms with E-state index in [-0.39, 0.29) is 11.5 Å². The number of carbonyl (C=O) groups excluding carboxylic acids is 1. The van der Waals surface area contributed by atoms with Crippen molar-refractivity contribution in [2.45, 2.75) is 57.5 Å². The van der Waals surface area contributed by atoms with E-state index in [1.165, 1.54) is 6.26 Å². The van der Waals surface area contributed by atoms with Gasteiger partial charge in [-0.1, -0.05) is 6.92 Å². The topological polar surface area (TPSA) is 35.5 Å². The summed E-state index contributed by atoms with van der Waals surface area (Å²) in [7, 11) is -3.44. The Morgan fingerprint density at radius 3 is 2.59 bits per heavy atom. The second kappa shape index (κ2) is 5.50. The minimum Gasteiger partial charge on any atom is -0.455 e. The van der Waals surface area contributed by atoms with Gasteiger partial charge in [-0.05, 0) is 51.1 Å². The van der Waals surface area contributed by atoms with E-state index in [2.05, 4.69) is 26.2 Å². The highest BCUT2D eigenvalue weighted by Crippen LogP contribution is 2.39. The fourth-order valence-electron chi connectivity index (χ4n) is 2.37. The molecule has 1 heterocycles. The third kappa shape index (κ3) is 4.08. The molecule has 98 valence electrons. The molecule has 17 heavy (non-hydrogen) atoms. The van der Waals surface area contributed by atoms with Gasteiger partial charge < -0.3 is 8.85 Å². The molecule has 0 N–H and O–H groups in total. The number of esters is 1. The van der Waals surface area contributed by atoms with Crippen LogP contribution in [0.2, 0.25) is 37.8 Å². The number of allylic oxidation sites excluding steroid dienone is 1.